The number of fused-ring (bicyclic) bond motifs is 1. The summed E-state index contributed by atoms with van der Waals surface area (Å²) in [5.74, 6) is 1.99. The van der Waals surface area contributed by atoms with E-state index in [0.29, 0.717) is 0 Å². The van der Waals surface area contributed by atoms with Gasteiger partial charge in [0.05, 0.1) is 0 Å². The molecular weight excluding hydrogens is 210 g/mol. The fourth-order valence-electron chi connectivity index (χ4n) is 2.49. The molecule has 0 fully saturated rings. The molecule has 0 aliphatic heterocycles. The molecule has 0 bridgehead atoms. The van der Waals surface area contributed by atoms with Crippen LogP contribution in [0.1, 0.15) is 36.8 Å². The van der Waals surface area contributed by atoms with Crippen LogP contribution in [0.4, 0.5) is 5.82 Å². The van der Waals surface area contributed by atoms with Crippen molar-refractivity contribution in [1.82, 2.24) is 9.97 Å². The first-order chi connectivity index (χ1) is 8.08. The minimum atomic E-state index is 0.864. The van der Waals surface area contributed by atoms with Crippen molar-refractivity contribution in [3.05, 3.63) is 29.2 Å². The number of hydrogen-bond donors (Lipinski definition) is 0. The molecule has 0 radical (unpaired) electrons. The van der Waals surface area contributed by atoms with Gasteiger partial charge in [-0.05, 0) is 39.5 Å². The molecule has 1 aromatic heterocycles. The average Bonchev–Trinajstić information content (AvgIpc) is 2.26. The normalized spacial score (nSPS) is 14.3. The number of aryl methyl sites for hydroxylation is 2. The molecule has 0 aromatic carbocycles. The van der Waals surface area contributed by atoms with Gasteiger partial charge in [0, 0.05) is 24.8 Å². The molecule has 1 aliphatic carbocycles. The Labute approximate surface area is 104 Å². The van der Waals surface area contributed by atoms with Crippen LogP contribution in [0.3, 0.4) is 0 Å². The van der Waals surface area contributed by atoms with E-state index in [0.717, 1.165) is 36.6 Å². The molecular formula is C14H21N3. The van der Waals surface area contributed by atoms with E-state index in [4.69, 9.17) is 0 Å². The van der Waals surface area contributed by atoms with Gasteiger partial charge in [-0.3, -0.25) is 0 Å². The van der Waals surface area contributed by atoms with Gasteiger partial charge in [-0.25, -0.2) is 9.97 Å². The van der Waals surface area contributed by atoms with E-state index in [2.05, 4.69) is 35.4 Å². The highest BCUT2D eigenvalue weighted by molar-refractivity contribution is 5.50. The quantitative estimate of drug-likeness (QED) is 0.749. The van der Waals surface area contributed by atoms with Gasteiger partial charge < -0.3 is 4.90 Å². The second-order valence-electron chi connectivity index (χ2n) is 5.04. The largest absolute Gasteiger partial charge is 0.355 e. The fraction of sp³-hybridized carbons (Fsp3) is 0.571. The molecule has 1 aliphatic rings. The Morgan fingerprint density at radius 2 is 2.00 bits per heavy atom. The summed E-state index contributed by atoms with van der Waals surface area (Å²) in [6, 6.07) is 0. The Morgan fingerprint density at radius 3 is 2.71 bits per heavy atom. The van der Waals surface area contributed by atoms with Crippen molar-refractivity contribution in [2.45, 2.75) is 39.5 Å². The molecule has 0 atom stereocenters. The topological polar surface area (TPSA) is 29.0 Å². The van der Waals surface area contributed by atoms with Crippen LogP contribution in [0.2, 0.25) is 0 Å². The van der Waals surface area contributed by atoms with Crippen LogP contribution in [-0.2, 0) is 12.8 Å². The summed E-state index contributed by atoms with van der Waals surface area (Å²) in [4.78, 5) is 11.4. The van der Waals surface area contributed by atoms with E-state index in [9.17, 15) is 0 Å². The first-order valence-corrected chi connectivity index (χ1v) is 6.30. The lowest BCUT2D eigenvalue weighted by Gasteiger charge is -2.25. The van der Waals surface area contributed by atoms with Gasteiger partial charge in [0.25, 0.3) is 0 Å². The van der Waals surface area contributed by atoms with E-state index >= 15 is 0 Å². The van der Waals surface area contributed by atoms with Crippen molar-refractivity contribution in [2.24, 2.45) is 0 Å². The zero-order valence-corrected chi connectivity index (χ0v) is 11.1. The van der Waals surface area contributed by atoms with Crippen LogP contribution in [0, 0.1) is 6.92 Å². The molecule has 3 nitrogen and oxygen atoms in total. The highest BCUT2D eigenvalue weighted by Gasteiger charge is 2.18. The Bertz CT molecular complexity index is 437. The monoisotopic (exact) mass is 231 g/mol. The SMILES string of the molecule is C=C(C)CN(C)c1nc(C)nc2c1CCCC2. The average molecular weight is 231 g/mol. The number of anilines is 1. The number of nitrogens with zero attached hydrogens (tertiary/aromatic N) is 3. The van der Waals surface area contributed by atoms with Crippen molar-refractivity contribution < 1.29 is 0 Å². The second-order valence-corrected chi connectivity index (χ2v) is 5.04. The molecule has 2 rings (SSSR count). The van der Waals surface area contributed by atoms with Crippen molar-refractivity contribution >= 4 is 5.82 Å². The molecule has 92 valence electrons. The Balaban J connectivity index is 2.38. The van der Waals surface area contributed by atoms with Crippen LogP contribution in [-0.4, -0.2) is 23.6 Å². The zero-order valence-electron chi connectivity index (χ0n) is 11.1. The molecule has 0 amide bonds. The summed E-state index contributed by atoms with van der Waals surface area (Å²) >= 11 is 0. The number of rotatable bonds is 3. The van der Waals surface area contributed by atoms with E-state index in [1.165, 1.54) is 24.1 Å². The highest BCUT2D eigenvalue weighted by atomic mass is 15.2. The predicted molar refractivity (Wildman–Crippen MR) is 71.5 cm³/mol. The van der Waals surface area contributed by atoms with Gasteiger partial charge >= 0.3 is 0 Å². The lowest BCUT2D eigenvalue weighted by molar-refractivity contribution is 0.655. The van der Waals surface area contributed by atoms with E-state index in [-0.39, 0.29) is 0 Å². The Morgan fingerprint density at radius 1 is 1.29 bits per heavy atom. The molecule has 0 N–H and O–H groups in total. The molecule has 0 saturated heterocycles. The second kappa shape index (κ2) is 4.86. The number of hydrogen-bond acceptors (Lipinski definition) is 3. The highest BCUT2D eigenvalue weighted by Crippen LogP contribution is 2.27. The molecule has 0 spiro atoms. The first kappa shape index (κ1) is 12.1. The molecule has 1 heterocycles. The summed E-state index contributed by atoms with van der Waals surface area (Å²) in [6.07, 6.45) is 4.73. The summed E-state index contributed by atoms with van der Waals surface area (Å²) in [5.41, 5.74) is 3.77. The predicted octanol–water partition coefficient (Wildman–Crippen LogP) is 2.68. The van der Waals surface area contributed by atoms with Gasteiger partial charge in [0.2, 0.25) is 0 Å². The fourth-order valence-corrected chi connectivity index (χ4v) is 2.49. The maximum Gasteiger partial charge on any atom is 0.135 e. The maximum absolute atomic E-state index is 4.61. The van der Waals surface area contributed by atoms with Crippen LogP contribution in [0.15, 0.2) is 12.2 Å². The zero-order chi connectivity index (χ0) is 12.4. The molecule has 0 unspecified atom stereocenters. The first-order valence-electron chi connectivity index (χ1n) is 6.30. The van der Waals surface area contributed by atoms with Crippen molar-refractivity contribution in [3.8, 4) is 0 Å². The molecule has 3 heteroatoms. The summed E-state index contributed by atoms with van der Waals surface area (Å²) in [7, 11) is 2.09. The van der Waals surface area contributed by atoms with Crippen LogP contribution in [0.5, 0.6) is 0 Å². The Hall–Kier alpha value is -1.38. The summed E-state index contributed by atoms with van der Waals surface area (Å²) in [5, 5.41) is 0. The van der Waals surface area contributed by atoms with Crippen molar-refractivity contribution in [3.63, 3.8) is 0 Å². The third kappa shape index (κ3) is 2.65. The minimum Gasteiger partial charge on any atom is -0.355 e. The third-order valence-electron chi connectivity index (χ3n) is 3.14. The van der Waals surface area contributed by atoms with Crippen molar-refractivity contribution in [1.29, 1.82) is 0 Å². The van der Waals surface area contributed by atoms with E-state index in [1.54, 1.807) is 0 Å². The van der Waals surface area contributed by atoms with Gasteiger partial charge in [0.1, 0.15) is 11.6 Å². The van der Waals surface area contributed by atoms with Gasteiger partial charge in [-0.15, -0.1) is 0 Å². The summed E-state index contributed by atoms with van der Waals surface area (Å²) < 4.78 is 0. The lowest BCUT2D eigenvalue weighted by Crippen LogP contribution is -2.24. The van der Waals surface area contributed by atoms with Crippen LogP contribution >= 0.6 is 0 Å². The van der Waals surface area contributed by atoms with Crippen LogP contribution in [0.25, 0.3) is 0 Å². The standard InChI is InChI=1S/C14H21N3/c1-10(2)9-17(4)14-12-7-5-6-8-13(12)15-11(3)16-14/h1,5-9H2,2-4H3. The molecule has 1 aromatic rings. The Kier molecular flexibility index (Phi) is 3.46. The van der Waals surface area contributed by atoms with E-state index in [1.807, 2.05) is 6.92 Å². The number of likely N-dealkylation sites (N-methyl/N-ethyl adjacent to an activating group) is 1. The minimum absolute atomic E-state index is 0.864. The molecule has 17 heavy (non-hydrogen) atoms. The summed E-state index contributed by atoms with van der Waals surface area (Å²) in [6.45, 7) is 8.87. The lowest BCUT2D eigenvalue weighted by atomic mass is 9.96. The van der Waals surface area contributed by atoms with Crippen LogP contribution < -0.4 is 4.90 Å². The van der Waals surface area contributed by atoms with Gasteiger partial charge in [-0.1, -0.05) is 12.2 Å². The molecule has 0 saturated carbocycles. The van der Waals surface area contributed by atoms with E-state index < -0.39 is 0 Å². The van der Waals surface area contributed by atoms with Gasteiger partial charge in [-0.2, -0.15) is 0 Å². The number of aromatic nitrogens is 2. The third-order valence-corrected chi connectivity index (χ3v) is 3.14. The maximum atomic E-state index is 4.61. The van der Waals surface area contributed by atoms with Gasteiger partial charge in [0.15, 0.2) is 0 Å². The van der Waals surface area contributed by atoms with Crippen molar-refractivity contribution in [2.75, 3.05) is 18.5 Å². The smallest absolute Gasteiger partial charge is 0.135 e.